The minimum Gasteiger partial charge on any atom is -0.495 e. The van der Waals surface area contributed by atoms with Gasteiger partial charge < -0.3 is 4.74 Å². The smallest absolute Gasteiger partial charge is 0.195 e. The molecule has 2 heterocycles. The number of nitrogens with zero attached hydrogens (tertiary/aromatic N) is 4. The van der Waals surface area contributed by atoms with Crippen LogP contribution in [0.2, 0.25) is 0 Å². The SMILES string of the molecule is COc1cc(CSc2nnc3ccccn23)ccc1C#N. The van der Waals surface area contributed by atoms with Gasteiger partial charge in [-0.25, -0.2) is 0 Å². The quantitative estimate of drug-likeness (QED) is 0.693. The van der Waals surface area contributed by atoms with Gasteiger partial charge in [-0.2, -0.15) is 5.26 Å². The van der Waals surface area contributed by atoms with Crippen LogP contribution in [0.15, 0.2) is 47.8 Å². The average Bonchev–Trinajstić information content (AvgIpc) is 2.96. The number of ether oxygens (including phenoxy) is 1. The summed E-state index contributed by atoms with van der Waals surface area (Å²) in [5, 5.41) is 18.1. The standard InChI is InChI=1S/C15H12N4OS/c1-20-13-8-11(5-6-12(13)9-16)10-21-15-18-17-14-4-2-3-7-19(14)15/h2-8H,10H2,1H3. The van der Waals surface area contributed by atoms with E-state index in [1.165, 1.54) is 0 Å². The Balaban J connectivity index is 1.80. The number of benzene rings is 1. The van der Waals surface area contributed by atoms with E-state index in [4.69, 9.17) is 10.00 Å². The van der Waals surface area contributed by atoms with Gasteiger partial charge in [0.2, 0.25) is 0 Å². The molecule has 0 N–H and O–H groups in total. The van der Waals surface area contributed by atoms with Gasteiger partial charge >= 0.3 is 0 Å². The highest BCUT2D eigenvalue weighted by Gasteiger charge is 2.08. The van der Waals surface area contributed by atoms with Crippen LogP contribution in [0.3, 0.4) is 0 Å². The summed E-state index contributed by atoms with van der Waals surface area (Å²) < 4.78 is 7.17. The fourth-order valence-corrected chi connectivity index (χ4v) is 2.85. The molecule has 0 aliphatic heterocycles. The first-order valence-electron chi connectivity index (χ1n) is 6.31. The van der Waals surface area contributed by atoms with E-state index in [9.17, 15) is 0 Å². The first-order valence-corrected chi connectivity index (χ1v) is 7.30. The van der Waals surface area contributed by atoms with Crippen molar-refractivity contribution in [1.82, 2.24) is 14.6 Å². The summed E-state index contributed by atoms with van der Waals surface area (Å²) in [5.74, 6) is 1.33. The minimum absolute atomic E-state index is 0.541. The molecule has 3 rings (SSSR count). The van der Waals surface area contributed by atoms with Crippen LogP contribution in [-0.4, -0.2) is 21.7 Å². The molecule has 0 saturated heterocycles. The fourth-order valence-electron chi connectivity index (χ4n) is 1.98. The molecule has 0 atom stereocenters. The third-order valence-corrected chi connectivity index (χ3v) is 4.05. The van der Waals surface area contributed by atoms with Gasteiger partial charge in [-0.3, -0.25) is 4.40 Å². The monoisotopic (exact) mass is 296 g/mol. The number of aromatic nitrogens is 3. The second-order valence-electron chi connectivity index (χ2n) is 4.35. The van der Waals surface area contributed by atoms with Crippen molar-refractivity contribution in [1.29, 1.82) is 5.26 Å². The molecule has 5 nitrogen and oxygen atoms in total. The lowest BCUT2D eigenvalue weighted by atomic mass is 10.1. The highest BCUT2D eigenvalue weighted by Crippen LogP contribution is 2.25. The van der Waals surface area contributed by atoms with Crippen LogP contribution in [0.1, 0.15) is 11.1 Å². The fraction of sp³-hybridized carbons (Fsp3) is 0.133. The molecule has 0 unspecified atom stereocenters. The first-order chi connectivity index (χ1) is 10.3. The first kappa shape index (κ1) is 13.5. The lowest BCUT2D eigenvalue weighted by molar-refractivity contribution is 0.413. The molecule has 0 amide bonds. The van der Waals surface area contributed by atoms with Crippen molar-refractivity contribution in [3.8, 4) is 11.8 Å². The van der Waals surface area contributed by atoms with Crippen LogP contribution in [0.25, 0.3) is 5.65 Å². The third-order valence-electron chi connectivity index (χ3n) is 3.04. The zero-order valence-corrected chi connectivity index (χ0v) is 12.2. The highest BCUT2D eigenvalue weighted by molar-refractivity contribution is 7.98. The van der Waals surface area contributed by atoms with Crippen molar-refractivity contribution in [2.75, 3.05) is 7.11 Å². The zero-order chi connectivity index (χ0) is 14.7. The van der Waals surface area contributed by atoms with Crippen LogP contribution in [0.5, 0.6) is 5.75 Å². The Morgan fingerprint density at radius 2 is 2.19 bits per heavy atom. The summed E-state index contributed by atoms with van der Waals surface area (Å²) in [7, 11) is 1.57. The molecule has 0 spiro atoms. The van der Waals surface area contributed by atoms with Crippen LogP contribution in [-0.2, 0) is 5.75 Å². The van der Waals surface area contributed by atoms with Gasteiger partial charge in [-0.1, -0.05) is 23.9 Å². The molecule has 0 fully saturated rings. The molecule has 0 aliphatic rings. The molecule has 0 bridgehead atoms. The molecule has 2 aromatic heterocycles. The average molecular weight is 296 g/mol. The Bertz CT molecular complexity index is 822. The van der Waals surface area contributed by atoms with Crippen molar-refractivity contribution < 1.29 is 4.74 Å². The number of rotatable bonds is 4. The molecule has 1 aromatic carbocycles. The predicted octanol–water partition coefficient (Wildman–Crippen LogP) is 2.90. The Morgan fingerprint density at radius 1 is 1.29 bits per heavy atom. The van der Waals surface area contributed by atoms with E-state index in [0.29, 0.717) is 11.3 Å². The number of pyridine rings is 1. The molecule has 0 aliphatic carbocycles. The van der Waals surface area contributed by atoms with Gasteiger partial charge in [0, 0.05) is 11.9 Å². The third kappa shape index (κ3) is 2.69. The normalized spacial score (nSPS) is 10.5. The second kappa shape index (κ2) is 5.85. The molecule has 3 aromatic rings. The predicted molar refractivity (Wildman–Crippen MR) is 80.3 cm³/mol. The van der Waals surface area contributed by atoms with Gasteiger partial charge in [-0.05, 0) is 29.8 Å². The molecule has 0 radical (unpaired) electrons. The van der Waals surface area contributed by atoms with Gasteiger partial charge in [0.1, 0.15) is 11.8 Å². The number of hydrogen-bond acceptors (Lipinski definition) is 5. The number of hydrogen-bond donors (Lipinski definition) is 0. The van der Waals surface area contributed by atoms with E-state index in [0.717, 1.165) is 22.1 Å². The molecular formula is C15H12N4OS. The van der Waals surface area contributed by atoms with Crippen molar-refractivity contribution in [2.45, 2.75) is 10.9 Å². The van der Waals surface area contributed by atoms with Crippen molar-refractivity contribution in [2.24, 2.45) is 0 Å². The van der Waals surface area contributed by atoms with Gasteiger partial charge in [0.15, 0.2) is 10.8 Å². The van der Waals surface area contributed by atoms with Gasteiger partial charge in [0.25, 0.3) is 0 Å². The van der Waals surface area contributed by atoms with E-state index < -0.39 is 0 Å². The number of thioether (sulfide) groups is 1. The minimum atomic E-state index is 0.541. The highest BCUT2D eigenvalue weighted by atomic mass is 32.2. The number of nitriles is 1. The summed E-state index contributed by atoms with van der Waals surface area (Å²) in [6, 6.07) is 13.5. The molecular weight excluding hydrogens is 284 g/mol. The summed E-state index contributed by atoms with van der Waals surface area (Å²) >= 11 is 1.59. The lowest BCUT2D eigenvalue weighted by Crippen LogP contribution is -1.91. The number of methoxy groups -OCH3 is 1. The van der Waals surface area contributed by atoms with Crippen LogP contribution in [0, 0.1) is 11.3 Å². The Hall–Kier alpha value is -2.52. The summed E-state index contributed by atoms with van der Waals surface area (Å²) in [6.45, 7) is 0. The maximum absolute atomic E-state index is 8.98. The van der Waals surface area contributed by atoms with E-state index in [1.807, 2.05) is 40.9 Å². The topological polar surface area (TPSA) is 63.2 Å². The Labute approximate surface area is 126 Å². The van der Waals surface area contributed by atoms with E-state index in [-0.39, 0.29) is 0 Å². The van der Waals surface area contributed by atoms with Crippen molar-refractivity contribution in [3.63, 3.8) is 0 Å². The van der Waals surface area contributed by atoms with Gasteiger partial charge in [-0.15, -0.1) is 10.2 Å². The maximum atomic E-state index is 8.98. The molecule has 104 valence electrons. The van der Waals surface area contributed by atoms with E-state index in [1.54, 1.807) is 24.9 Å². The van der Waals surface area contributed by atoms with E-state index in [2.05, 4.69) is 16.3 Å². The van der Waals surface area contributed by atoms with Crippen LogP contribution < -0.4 is 4.74 Å². The maximum Gasteiger partial charge on any atom is 0.195 e. The lowest BCUT2D eigenvalue weighted by Gasteiger charge is -2.05. The summed E-state index contributed by atoms with van der Waals surface area (Å²) in [5.41, 5.74) is 2.44. The Morgan fingerprint density at radius 3 is 3.00 bits per heavy atom. The molecule has 0 saturated carbocycles. The van der Waals surface area contributed by atoms with Gasteiger partial charge in [0.05, 0.1) is 12.7 Å². The summed E-state index contributed by atoms with van der Waals surface area (Å²) in [6.07, 6.45) is 1.94. The number of fused-ring (bicyclic) bond motifs is 1. The molecule has 6 heteroatoms. The van der Waals surface area contributed by atoms with Crippen LogP contribution in [0.4, 0.5) is 0 Å². The zero-order valence-electron chi connectivity index (χ0n) is 11.4. The second-order valence-corrected chi connectivity index (χ2v) is 5.29. The largest absolute Gasteiger partial charge is 0.495 e. The molecule has 21 heavy (non-hydrogen) atoms. The van der Waals surface area contributed by atoms with Crippen LogP contribution >= 0.6 is 11.8 Å². The summed E-state index contributed by atoms with van der Waals surface area (Å²) in [4.78, 5) is 0. The van der Waals surface area contributed by atoms with E-state index >= 15 is 0 Å². The van der Waals surface area contributed by atoms with Crippen molar-refractivity contribution in [3.05, 3.63) is 53.7 Å². The van der Waals surface area contributed by atoms with Crippen molar-refractivity contribution >= 4 is 17.4 Å². The Kier molecular flexibility index (Phi) is 3.75.